The molecule has 3 aliphatic heterocycles. The number of aromatic amines is 8. The molecule has 2 saturated carbocycles. The molecule has 0 atom stereocenters. The van der Waals surface area contributed by atoms with Crippen LogP contribution >= 0.6 is 0 Å². The molecule has 12 heterocycles. The number of nitrogens with one attached hydrogen (secondary N) is 8. The predicted molar refractivity (Wildman–Crippen MR) is 495 cm³/mol. The zero-order chi connectivity index (χ0) is 87.4. The highest BCUT2D eigenvalue weighted by molar-refractivity contribution is 5.98. The minimum absolute atomic E-state index is 0.511. The number of likely N-dealkylation sites (N-methyl/N-ethyl adjacent to an activating group) is 2. The third-order valence-corrected chi connectivity index (χ3v) is 24.4. The molecule has 2 aliphatic carbocycles. The Labute approximate surface area is 741 Å². The number of likely N-dealkylation sites (tertiary alicyclic amines) is 1. The molecular formula is C97H112F2N26O3. The van der Waals surface area contributed by atoms with Gasteiger partial charge in [0.15, 0.2) is 34.9 Å². The van der Waals surface area contributed by atoms with Gasteiger partial charge in [-0.05, 0) is 210 Å². The topological polar surface area (TPSA) is 338 Å². The third-order valence-electron chi connectivity index (χ3n) is 24.4. The quantitative estimate of drug-likeness (QED) is 0.0216. The first-order chi connectivity index (χ1) is 62.6. The number of rotatable bonds is 29. The van der Waals surface area contributed by atoms with Crippen molar-refractivity contribution in [1.29, 1.82) is 0 Å². The molecule has 8 N–H and O–H groups in total. The van der Waals surface area contributed by atoms with Crippen LogP contribution in [0.4, 0.5) is 8.78 Å². The van der Waals surface area contributed by atoms with Crippen molar-refractivity contribution in [2.24, 2.45) is 23.7 Å². The smallest absolute Gasteiger partial charge is 0.213 e. The van der Waals surface area contributed by atoms with Gasteiger partial charge in [0.25, 0.3) is 0 Å². The maximum Gasteiger partial charge on any atom is 0.213 e. The number of pyridine rings is 1. The molecule has 0 unspecified atom stereocenters. The first kappa shape index (κ1) is 86.0. The van der Waals surface area contributed by atoms with Gasteiger partial charge < -0.3 is 24.0 Å². The van der Waals surface area contributed by atoms with Crippen LogP contribution in [0, 0.1) is 35.3 Å². The first-order valence-electron chi connectivity index (χ1n) is 45.3. The van der Waals surface area contributed by atoms with Crippen molar-refractivity contribution in [2.45, 2.75) is 105 Å². The van der Waals surface area contributed by atoms with Crippen LogP contribution in [-0.4, -0.2) is 249 Å². The molecule has 0 radical (unpaired) electrons. The van der Waals surface area contributed by atoms with E-state index in [-0.39, 0.29) is 0 Å². The lowest BCUT2D eigenvalue weighted by atomic mass is 10.1. The summed E-state index contributed by atoms with van der Waals surface area (Å²) < 4.78 is 45.0. The number of benzene rings is 7. The number of hydrogen-bond acceptors (Lipinski definition) is 21. The van der Waals surface area contributed by atoms with Gasteiger partial charge in [0.1, 0.15) is 77.4 Å². The molecule has 0 spiro atoms. The highest BCUT2D eigenvalue weighted by atomic mass is 19.2. The van der Waals surface area contributed by atoms with Crippen molar-refractivity contribution >= 4 is 43.6 Å². The second-order valence-electron chi connectivity index (χ2n) is 35.2. The number of H-pyrrole nitrogens is 8. The van der Waals surface area contributed by atoms with Gasteiger partial charge in [0.05, 0.1) is 22.1 Å². The van der Waals surface area contributed by atoms with Crippen LogP contribution in [0.1, 0.15) is 103 Å². The Kier molecular flexibility index (Phi) is 26.9. The standard InChI is InChI=1S/C27H35N7O.C26H33N7O.C25H29N7O.C19H15F2N5/c1-4-33-10-12-34(13-11-33)14-15-35-22-7-5-6-20(17-22)26-23-18-21(8-9-24(23)29-31-26)27-28-25(30-32-27)16-19(2)3;1-18(2)15-24-27-26(31-29-24)20-7-8-23-22(17-20)25(30-28-23)19-5-4-6-21(16-19)34-14-13-33-11-9-32(3)10-12-33;1-2-10-32(11-3-1)12-13-33-23-16-18(8-9-26-23)24-20-15-19(6-7-21(20)28-30-24)25-27-22(29-31-25)14-17-4-5-17;20-14-5-3-11(9-15(14)21)18-13-8-12(4-6-16(13)23-25-18)19-22-17(24-26-19)7-10-1-2-10/h5-9,17-19H,4,10-16H2,1-3H3,(H,29,31)(H,28,30,32);4-8,16-18H,9-15H2,1-3H3,(H,28,30)(H,27,29,31);6-9,15-17H,1-5,10-14H2,(H,28,30)(H,27,29,31);3-6,8-10H,1-2,7H2,(H,23,25)(H,22,24,26). The van der Waals surface area contributed by atoms with Gasteiger partial charge in [-0.3, -0.25) is 55.5 Å². The molecule has 21 rings (SSSR count). The van der Waals surface area contributed by atoms with E-state index in [0.29, 0.717) is 66.3 Å². The van der Waals surface area contributed by atoms with Gasteiger partial charge in [-0.1, -0.05) is 65.3 Å². The number of piperidine rings is 1. The molecular weight excluding hydrogens is 1620 g/mol. The molecule has 5 aliphatic rings. The number of ether oxygens (including phenoxy) is 3. The SMILES string of the molecule is CC(C)Cc1nc(-c2ccc3[nH]nc(-c4cccc(OCCN5CCN(C)CC5)c4)c3c2)n[nH]1.CCN1CCN(CCOc2cccc(-c3n[nH]c4ccc(-c5n[nH]c(CC(C)C)n5)cc34)c2)CC1.Fc1ccc(-c2n[nH]c3ccc(-c4n[nH]c(CC5CC5)n4)cc23)cc1F.c1cc(-c2n[nH]c3ccc(-c4n[nH]c(CC5CC5)n4)cc23)cc(OCCN2CCCCC2)n1. The largest absolute Gasteiger partial charge is 0.492 e. The van der Waals surface area contributed by atoms with Gasteiger partial charge in [0.2, 0.25) is 5.88 Å². The summed E-state index contributed by atoms with van der Waals surface area (Å²) in [5.41, 5.74) is 14.3. The van der Waals surface area contributed by atoms with Crippen LogP contribution in [0.3, 0.4) is 0 Å². The molecule has 7 aromatic carbocycles. The van der Waals surface area contributed by atoms with Crippen LogP contribution in [0.25, 0.3) is 134 Å². The Morgan fingerprint density at radius 3 is 1.15 bits per heavy atom. The van der Waals surface area contributed by atoms with E-state index in [4.69, 9.17) is 19.2 Å². The summed E-state index contributed by atoms with van der Waals surface area (Å²) in [5, 5.41) is 64.2. The maximum absolute atomic E-state index is 13.6. The summed E-state index contributed by atoms with van der Waals surface area (Å²) in [7, 11) is 2.18. The van der Waals surface area contributed by atoms with E-state index in [1.807, 2.05) is 91.0 Å². The molecule has 31 heteroatoms. The second kappa shape index (κ2) is 40.0. The van der Waals surface area contributed by atoms with Gasteiger partial charge >= 0.3 is 0 Å². The molecule has 0 amide bonds. The average Bonchev–Trinajstić information content (AvgIpc) is 1.64. The van der Waals surface area contributed by atoms with Crippen molar-refractivity contribution in [3.8, 4) is 108 Å². The molecule has 16 aromatic rings. The van der Waals surface area contributed by atoms with Crippen molar-refractivity contribution < 1.29 is 23.0 Å². The summed E-state index contributed by atoms with van der Waals surface area (Å²) >= 11 is 0. The fourth-order valence-electron chi connectivity index (χ4n) is 16.7. The summed E-state index contributed by atoms with van der Waals surface area (Å²) in [6.07, 6.45) is 14.5. The lowest BCUT2D eigenvalue weighted by Gasteiger charge is -2.33. The highest BCUT2D eigenvalue weighted by Crippen LogP contribution is 2.39. The summed E-state index contributed by atoms with van der Waals surface area (Å²) in [6.45, 7) is 28.2. The van der Waals surface area contributed by atoms with E-state index in [9.17, 15) is 8.78 Å². The van der Waals surface area contributed by atoms with Crippen LogP contribution in [0.2, 0.25) is 0 Å². The molecule has 5 fully saturated rings. The van der Waals surface area contributed by atoms with E-state index < -0.39 is 11.6 Å². The molecule has 3 saturated heterocycles. The second-order valence-corrected chi connectivity index (χ2v) is 35.2. The van der Waals surface area contributed by atoms with Crippen molar-refractivity contribution in [1.82, 2.24) is 131 Å². The number of hydrogen-bond donors (Lipinski definition) is 8. The molecule has 29 nitrogen and oxygen atoms in total. The Morgan fingerprint density at radius 2 is 0.734 bits per heavy atom. The van der Waals surface area contributed by atoms with Crippen LogP contribution in [0.15, 0.2) is 158 Å². The van der Waals surface area contributed by atoms with Gasteiger partial charge in [-0.25, -0.2) is 33.7 Å². The maximum atomic E-state index is 13.6. The Morgan fingerprint density at radius 1 is 0.359 bits per heavy atom. The number of halogens is 2. The fraction of sp³-hybridized carbons (Fsp3) is 0.392. The van der Waals surface area contributed by atoms with Gasteiger partial charge in [-0.15, -0.1) is 0 Å². The predicted octanol–water partition coefficient (Wildman–Crippen LogP) is 16.5. The van der Waals surface area contributed by atoms with Crippen molar-refractivity contribution in [3.63, 3.8) is 0 Å². The Balaban J connectivity index is 0.000000116. The molecule has 9 aromatic heterocycles. The monoisotopic (exact) mass is 1730 g/mol. The number of nitrogens with zero attached hydrogens (tertiary/aromatic N) is 18. The van der Waals surface area contributed by atoms with Crippen LogP contribution in [0.5, 0.6) is 17.4 Å². The highest BCUT2D eigenvalue weighted by Gasteiger charge is 2.27. The van der Waals surface area contributed by atoms with E-state index >= 15 is 0 Å². The lowest BCUT2D eigenvalue weighted by Crippen LogP contribution is -2.47. The Hall–Kier alpha value is -12.8. The summed E-state index contributed by atoms with van der Waals surface area (Å²) in [6, 6.07) is 48.4. The Bertz CT molecular complexity index is 6360. The lowest BCUT2D eigenvalue weighted by molar-refractivity contribution is 0.121. The first-order valence-corrected chi connectivity index (χ1v) is 45.3. The normalized spacial score (nSPS) is 15.5. The minimum Gasteiger partial charge on any atom is -0.492 e. The number of aromatic nitrogens is 21. The zero-order valence-electron chi connectivity index (χ0n) is 73.7. The van der Waals surface area contributed by atoms with Crippen LogP contribution < -0.4 is 14.2 Å². The number of fused-ring (bicyclic) bond motifs is 4. The van der Waals surface area contributed by atoms with Gasteiger partial charge in [-0.2, -0.15) is 40.8 Å². The van der Waals surface area contributed by atoms with E-state index in [2.05, 4.69) is 210 Å². The molecule has 662 valence electrons. The summed E-state index contributed by atoms with van der Waals surface area (Å²) in [4.78, 5) is 35.3. The van der Waals surface area contributed by atoms with Gasteiger partial charge in [0, 0.05) is 176 Å². The van der Waals surface area contributed by atoms with E-state index in [1.54, 1.807) is 6.20 Å². The molecule has 128 heavy (non-hydrogen) atoms. The van der Waals surface area contributed by atoms with E-state index in [1.165, 1.54) is 64.1 Å². The van der Waals surface area contributed by atoms with Crippen molar-refractivity contribution in [2.75, 3.05) is 118 Å². The minimum atomic E-state index is -0.895. The van der Waals surface area contributed by atoms with E-state index in [0.717, 1.165) is 268 Å². The summed E-state index contributed by atoms with van der Waals surface area (Å²) in [5.74, 6) is 9.65. The zero-order valence-corrected chi connectivity index (χ0v) is 73.7. The fourth-order valence-corrected chi connectivity index (χ4v) is 16.7. The average molecular weight is 1730 g/mol. The number of piperazine rings is 2. The third kappa shape index (κ3) is 21.7. The van der Waals surface area contributed by atoms with Crippen molar-refractivity contribution in [3.05, 3.63) is 193 Å². The van der Waals surface area contributed by atoms with Crippen LogP contribution in [-0.2, 0) is 25.7 Å². The molecule has 0 bridgehead atoms.